The molecule has 0 atom stereocenters. The fraction of sp³-hybridized carbons (Fsp3) is 0.625. The van der Waals surface area contributed by atoms with Crippen molar-refractivity contribution in [1.82, 2.24) is 10.3 Å². The van der Waals surface area contributed by atoms with Crippen LogP contribution in [0.25, 0.3) is 0 Å². The first-order chi connectivity index (χ1) is 9.77. The molecule has 20 heavy (non-hydrogen) atoms. The standard InChI is InChI=1S/C16H27N3O/c1-3-5-7-10-17-14-9-12-18-15(13-14)16(20)19-11-8-6-4-2/h9,12-13H,3-8,10-11H2,1-2H3,(H,17,18)(H,19,20). The topological polar surface area (TPSA) is 54.0 Å². The first kappa shape index (κ1) is 16.5. The second-order valence-corrected chi connectivity index (χ2v) is 5.03. The van der Waals surface area contributed by atoms with Gasteiger partial charge in [-0.2, -0.15) is 0 Å². The van der Waals surface area contributed by atoms with Crippen molar-refractivity contribution < 1.29 is 4.79 Å². The number of rotatable bonds is 10. The van der Waals surface area contributed by atoms with Crippen LogP contribution in [0, 0.1) is 0 Å². The second-order valence-electron chi connectivity index (χ2n) is 5.03. The van der Waals surface area contributed by atoms with Crippen molar-refractivity contribution in [1.29, 1.82) is 0 Å². The van der Waals surface area contributed by atoms with E-state index >= 15 is 0 Å². The third-order valence-corrected chi connectivity index (χ3v) is 3.17. The van der Waals surface area contributed by atoms with Crippen molar-refractivity contribution in [3.05, 3.63) is 24.0 Å². The molecular formula is C16H27N3O. The van der Waals surface area contributed by atoms with E-state index in [1.165, 1.54) is 12.8 Å². The first-order valence-electron chi connectivity index (χ1n) is 7.76. The Labute approximate surface area is 122 Å². The van der Waals surface area contributed by atoms with Crippen LogP contribution in [-0.2, 0) is 0 Å². The maximum atomic E-state index is 11.9. The predicted octanol–water partition coefficient (Wildman–Crippen LogP) is 3.60. The highest BCUT2D eigenvalue weighted by molar-refractivity contribution is 5.93. The van der Waals surface area contributed by atoms with Gasteiger partial charge in [0.1, 0.15) is 5.69 Å². The van der Waals surface area contributed by atoms with Crippen LogP contribution in [0.2, 0.25) is 0 Å². The van der Waals surface area contributed by atoms with Gasteiger partial charge in [0.15, 0.2) is 0 Å². The Morgan fingerprint density at radius 1 is 1.10 bits per heavy atom. The molecule has 112 valence electrons. The molecule has 4 nitrogen and oxygen atoms in total. The second kappa shape index (κ2) is 10.2. The highest BCUT2D eigenvalue weighted by Crippen LogP contribution is 2.08. The molecule has 1 amide bonds. The number of nitrogens with zero attached hydrogens (tertiary/aromatic N) is 1. The minimum absolute atomic E-state index is 0.0849. The zero-order chi connectivity index (χ0) is 14.6. The normalized spacial score (nSPS) is 10.3. The van der Waals surface area contributed by atoms with Crippen LogP contribution >= 0.6 is 0 Å². The van der Waals surface area contributed by atoms with Crippen molar-refractivity contribution in [2.75, 3.05) is 18.4 Å². The van der Waals surface area contributed by atoms with Crippen LogP contribution < -0.4 is 10.6 Å². The lowest BCUT2D eigenvalue weighted by Crippen LogP contribution is -2.25. The predicted molar refractivity (Wildman–Crippen MR) is 84.1 cm³/mol. The minimum atomic E-state index is -0.0849. The molecule has 0 spiro atoms. The number of carbonyl (C=O) groups is 1. The lowest BCUT2D eigenvalue weighted by molar-refractivity contribution is 0.0948. The molecule has 2 N–H and O–H groups in total. The molecule has 1 heterocycles. The van der Waals surface area contributed by atoms with Crippen LogP contribution in [0.4, 0.5) is 5.69 Å². The maximum absolute atomic E-state index is 11.9. The summed E-state index contributed by atoms with van der Waals surface area (Å²) in [5, 5.41) is 6.24. The van der Waals surface area contributed by atoms with Crippen molar-refractivity contribution in [3.8, 4) is 0 Å². The summed E-state index contributed by atoms with van der Waals surface area (Å²) in [7, 11) is 0. The largest absolute Gasteiger partial charge is 0.385 e. The summed E-state index contributed by atoms with van der Waals surface area (Å²) in [6.07, 6.45) is 8.60. The summed E-state index contributed by atoms with van der Waals surface area (Å²) in [5.41, 5.74) is 1.46. The molecule has 0 fully saturated rings. The summed E-state index contributed by atoms with van der Waals surface area (Å²) >= 11 is 0. The number of amides is 1. The zero-order valence-corrected chi connectivity index (χ0v) is 12.7. The smallest absolute Gasteiger partial charge is 0.269 e. The lowest BCUT2D eigenvalue weighted by atomic mass is 10.2. The molecule has 0 aliphatic rings. The highest BCUT2D eigenvalue weighted by atomic mass is 16.1. The van der Waals surface area contributed by atoms with Gasteiger partial charge in [0.05, 0.1) is 0 Å². The fourth-order valence-electron chi connectivity index (χ4n) is 1.94. The molecule has 0 bridgehead atoms. The van der Waals surface area contributed by atoms with Gasteiger partial charge in [0, 0.05) is 25.0 Å². The zero-order valence-electron chi connectivity index (χ0n) is 12.7. The van der Waals surface area contributed by atoms with Gasteiger partial charge >= 0.3 is 0 Å². The van der Waals surface area contributed by atoms with Gasteiger partial charge in [0.25, 0.3) is 5.91 Å². The number of unbranched alkanes of at least 4 members (excludes halogenated alkanes) is 4. The van der Waals surface area contributed by atoms with Crippen molar-refractivity contribution in [2.24, 2.45) is 0 Å². The molecular weight excluding hydrogens is 250 g/mol. The number of nitrogens with one attached hydrogen (secondary N) is 2. The first-order valence-corrected chi connectivity index (χ1v) is 7.76. The van der Waals surface area contributed by atoms with Crippen LogP contribution in [0.5, 0.6) is 0 Å². The van der Waals surface area contributed by atoms with Crippen molar-refractivity contribution in [2.45, 2.75) is 52.4 Å². The van der Waals surface area contributed by atoms with Crippen LogP contribution in [0.1, 0.15) is 62.9 Å². The van der Waals surface area contributed by atoms with Crippen molar-refractivity contribution >= 4 is 11.6 Å². The Bertz CT molecular complexity index is 393. The molecule has 0 aromatic carbocycles. The molecule has 0 unspecified atom stereocenters. The molecule has 0 saturated heterocycles. The highest BCUT2D eigenvalue weighted by Gasteiger charge is 2.06. The van der Waals surface area contributed by atoms with E-state index in [1.54, 1.807) is 6.20 Å². The molecule has 1 aromatic heterocycles. The Balaban J connectivity index is 2.39. The number of anilines is 1. The van der Waals surface area contributed by atoms with E-state index in [0.717, 1.165) is 44.5 Å². The number of carbonyl (C=O) groups excluding carboxylic acids is 1. The molecule has 0 radical (unpaired) electrons. The third-order valence-electron chi connectivity index (χ3n) is 3.17. The van der Waals surface area contributed by atoms with Crippen LogP contribution in [0.3, 0.4) is 0 Å². The number of aromatic nitrogens is 1. The summed E-state index contributed by atoms with van der Waals surface area (Å²) < 4.78 is 0. The van der Waals surface area contributed by atoms with E-state index < -0.39 is 0 Å². The minimum Gasteiger partial charge on any atom is -0.385 e. The van der Waals surface area contributed by atoms with E-state index in [1.807, 2.05) is 12.1 Å². The van der Waals surface area contributed by atoms with Crippen LogP contribution in [0.15, 0.2) is 18.3 Å². The molecule has 1 aromatic rings. The van der Waals surface area contributed by atoms with Crippen molar-refractivity contribution in [3.63, 3.8) is 0 Å². The van der Waals surface area contributed by atoms with Gasteiger partial charge < -0.3 is 10.6 Å². The number of hydrogen-bond acceptors (Lipinski definition) is 3. The van der Waals surface area contributed by atoms with E-state index in [-0.39, 0.29) is 5.91 Å². The SMILES string of the molecule is CCCCCNC(=O)c1cc(NCCCCC)ccn1. The van der Waals surface area contributed by atoms with Gasteiger partial charge in [0.2, 0.25) is 0 Å². The third kappa shape index (κ3) is 6.55. The van der Waals surface area contributed by atoms with E-state index in [9.17, 15) is 4.79 Å². The molecule has 4 heteroatoms. The van der Waals surface area contributed by atoms with E-state index in [0.29, 0.717) is 5.69 Å². The molecule has 0 aliphatic heterocycles. The Kier molecular flexibility index (Phi) is 8.43. The maximum Gasteiger partial charge on any atom is 0.269 e. The number of pyridine rings is 1. The lowest BCUT2D eigenvalue weighted by Gasteiger charge is -2.08. The Morgan fingerprint density at radius 2 is 1.80 bits per heavy atom. The van der Waals surface area contributed by atoms with Gasteiger partial charge in [-0.05, 0) is 25.0 Å². The quantitative estimate of drug-likeness (QED) is 0.642. The average molecular weight is 277 g/mol. The molecule has 0 aliphatic carbocycles. The van der Waals surface area contributed by atoms with E-state index in [4.69, 9.17) is 0 Å². The summed E-state index contributed by atoms with van der Waals surface area (Å²) in [4.78, 5) is 16.1. The summed E-state index contributed by atoms with van der Waals surface area (Å²) in [6.45, 7) is 6.00. The number of hydrogen-bond donors (Lipinski definition) is 2. The average Bonchev–Trinajstić information content (AvgIpc) is 2.48. The van der Waals surface area contributed by atoms with E-state index in [2.05, 4.69) is 29.5 Å². The Morgan fingerprint density at radius 3 is 2.50 bits per heavy atom. The van der Waals surface area contributed by atoms with Crippen LogP contribution in [-0.4, -0.2) is 24.0 Å². The Hall–Kier alpha value is -1.58. The fourth-order valence-corrected chi connectivity index (χ4v) is 1.94. The molecule has 1 rings (SSSR count). The summed E-state index contributed by atoms with van der Waals surface area (Å²) in [5.74, 6) is -0.0849. The monoisotopic (exact) mass is 277 g/mol. The summed E-state index contributed by atoms with van der Waals surface area (Å²) in [6, 6.07) is 3.72. The van der Waals surface area contributed by atoms with Gasteiger partial charge in [-0.3, -0.25) is 9.78 Å². The van der Waals surface area contributed by atoms with Gasteiger partial charge in [-0.1, -0.05) is 39.5 Å². The van der Waals surface area contributed by atoms with Gasteiger partial charge in [-0.15, -0.1) is 0 Å². The molecule has 0 saturated carbocycles. The van der Waals surface area contributed by atoms with Gasteiger partial charge in [-0.25, -0.2) is 0 Å².